The Morgan fingerprint density at radius 1 is 1.24 bits per heavy atom. The van der Waals surface area contributed by atoms with Crippen LogP contribution in [0.25, 0.3) is 0 Å². The number of hydrogen-bond donors (Lipinski definition) is 1. The number of rotatable bonds is 7. The van der Waals surface area contributed by atoms with Gasteiger partial charge in [0.2, 0.25) is 0 Å². The predicted octanol–water partition coefficient (Wildman–Crippen LogP) is 4.25. The lowest BCUT2D eigenvalue weighted by atomic mass is 10.0. The Kier molecular flexibility index (Phi) is 4.93. The van der Waals surface area contributed by atoms with Crippen molar-refractivity contribution in [2.75, 3.05) is 12.3 Å². The molecule has 1 aromatic carbocycles. The van der Waals surface area contributed by atoms with Gasteiger partial charge in [0.05, 0.1) is 0 Å². The van der Waals surface area contributed by atoms with Crippen LogP contribution < -0.4 is 5.32 Å². The van der Waals surface area contributed by atoms with E-state index in [4.69, 9.17) is 0 Å². The zero-order valence-electron chi connectivity index (χ0n) is 10.9. The van der Waals surface area contributed by atoms with Gasteiger partial charge in [-0.1, -0.05) is 26.0 Å². The maximum absolute atomic E-state index is 3.69. The molecule has 1 aliphatic rings. The van der Waals surface area contributed by atoms with Gasteiger partial charge in [0.1, 0.15) is 0 Å². The first-order valence-electron chi connectivity index (χ1n) is 6.81. The first kappa shape index (κ1) is 13.0. The highest BCUT2D eigenvalue weighted by Crippen LogP contribution is 2.41. The molecule has 1 atom stereocenters. The minimum atomic E-state index is 0.593. The van der Waals surface area contributed by atoms with Crippen molar-refractivity contribution in [1.29, 1.82) is 0 Å². The zero-order chi connectivity index (χ0) is 12.1. The summed E-state index contributed by atoms with van der Waals surface area (Å²) in [7, 11) is 0. The van der Waals surface area contributed by atoms with Crippen LogP contribution in [0.3, 0.4) is 0 Å². The SMILES string of the molecule is CCCNC(c1ccc(SCC)cc1)C1CC1. The lowest BCUT2D eigenvalue weighted by Crippen LogP contribution is -2.23. The monoisotopic (exact) mass is 249 g/mol. The fraction of sp³-hybridized carbons (Fsp3) is 0.600. The van der Waals surface area contributed by atoms with E-state index in [1.54, 1.807) is 0 Å². The fourth-order valence-electron chi connectivity index (χ4n) is 2.22. The number of hydrogen-bond acceptors (Lipinski definition) is 2. The Bertz CT molecular complexity index is 329. The molecule has 0 radical (unpaired) electrons. The Morgan fingerprint density at radius 2 is 1.94 bits per heavy atom. The molecule has 1 N–H and O–H groups in total. The van der Waals surface area contributed by atoms with E-state index in [-0.39, 0.29) is 0 Å². The molecule has 1 aromatic rings. The van der Waals surface area contributed by atoms with E-state index in [2.05, 4.69) is 43.4 Å². The maximum Gasteiger partial charge on any atom is 0.0348 e. The highest BCUT2D eigenvalue weighted by molar-refractivity contribution is 7.99. The largest absolute Gasteiger partial charge is 0.310 e. The molecule has 2 rings (SSSR count). The number of thioether (sulfide) groups is 1. The van der Waals surface area contributed by atoms with Gasteiger partial charge >= 0.3 is 0 Å². The van der Waals surface area contributed by atoms with Crippen LogP contribution in [-0.2, 0) is 0 Å². The normalized spacial score (nSPS) is 17.1. The molecule has 1 fully saturated rings. The summed E-state index contributed by atoms with van der Waals surface area (Å²) in [6.07, 6.45) is 4.01. The summed E-state index contributed by atoms with van der Waals surface area (Å²) in [5.41, 5.74) is 1.47. The molecular weight excluding hydrogens is 226 g/mol. The second kappa shape index (κ2) is 6.46. The summed E-state index contributed by atoms with van der Waals surface area (Å²) < 4.78 is 0. The van der Waals surface area contributed by atoms with Crippen molar-refractivity contribution in [3.05, 3.63) is 29.8 Å². The quantitative estimate of drug-likeness (QED) is 0.725. The Hall–Kier alpha value is -0.470. The van der Waals surface area contributed by atoms with Gasteiger partial charge in [0.15, 0.2) is 0 Å². The molecular formula is C15H23NS. The molecule has 0 bridgehead atoms. The standard InChI is InChI=1S/C15H23NS/c1-3-11-16-15(12-5-6-12)13-7-9-14(10-8-13)17-4-2/h7-10,12,15-16H,3-6,11H2,1-2H3. The molecule has 1 saturated carbocycles. The second-order valence-electron chi connectivity index (χ2n) is 4.77. The van der Waals surface area contributed by atoms with Crippen LogP contribution in [-0.4, -0.2) is 12.3 Å². The summed E-state index contributed by atoms with van der Waals surface area (Å²) in [6, 6.07) is 9.75. The van der Waals surface area contributed by atoms with Gasteiger partial charge < -0.3 is 5.32 Å². The van der Waals surface area contributed by atoms with E-state index in [9.17, 15) is 0 Å². The molecule has 0 saturated heterocycles. The molecule has 1 unspecified atom stereocenters. The maximum atomic E-state index is 3.69. The molecule has 0 spiro atoms. The van der Waals surface area contributed by atoms with Crippen LogP contribution in [0.2, 0.25) is 0 Å². The summed E-state index contributed by atoms with van der Waals surface area (Å²) in [6.45, 7) is 5.57. The van der Waals surface area contributed by atoms with Crippen LogP contribution >= 0.6 is 11.8 Å². The highest BCUT2D eigenvalue weighted by Gasteiger charge is 2.31. The molecule has 1 nitrogen and oxygen atoms in total. The first-order chi connectivity index (χ1) is 8.35. The third kappa shape index (κ3) is 3.75. The molecule has 2 heteroatoms. The van der Waals surface area contributed by atoms with Crippen molar-refractivity contribution in [2.24, 2.45) is 5.92 Å². The van der Waals surface area contributed by atoms with Gasteiger partial charge in [0, 0.05) is 10.9 Å². The van der Waals surface area contributed by atoms with Gasteiger partial charge in [-0.25, -0.2) is 0 Å². The topological polar surface area (TPSA) is 12.0 Å². The third-order valence-electron chi connectivity index (χ3n) is 3.26. The van der Waals surface area contributed by atoms with Gasteiger partial charge in [-0.05, 0) is 55.2 Å². The molecule has 0 aliphatic heterocycles. The van der Waals surface area contributed by atoms with E-state index < -0.39 is 0 Å². The summed E-state index contributed by atoms with van der Waals surface area (Å²) in [4.78, 5) is 1.39. The van der Waals surface area contributed by atoms with Crippen molar-refractivity contribution in [3.63, 3.8) is 0 Å². The van der Waals surface area contributed by atoms with Gasteiger partial charge in [-0.2, -0.15) is 0 Å². The van der Waals surface area contributed by atoms with Gasteiger partial charge in [-0.15, -0.1) is 11.8 Å². The minimum absolute atomic E-state index is 0.593. The molecule has 0 heterocycles. The molecule has 94 valence electrons. The van der Waals surface area contributed by atoms with E-state index in [0.717, 1.165) is 18.2 Å². The van der Waals surface area contributed by atoms with E-state index in [1.807, 2.05) is 11.8 Å². The van der Waals surface area contributed by atoms with E-state index in [1.165, 1.54) is 29.7 Å². The van der Waals surface area contributed by atoms with E-state index >= 15 is 0 Å². The summed E-state index contributed by atoms with van der Waals surface area (Å²) in [5.74, 6) is 2.03. The lowest BCUT2D eigenvalue weighted by molar-refractivity contribution is 0.481. The fourth-order valence-corrected chi connectivity index (χ4v) is 2.89. The average Bonchev–Trinajstić information content (AvgIpc) is 3.16. The van der Waals surface area contributed by atoms with Crippen LogP contribution in [0.5, 0.6) is 0 Å². The Morgan fingerprint density at radius 3 is 2.47 bits per heavy atom. The molecule has 0 aromatic heterocycles. The van der Waals surface area contributed by atoms with Gasteiger partial charge in [0.25, 0.3) is 0 Å². The van der Waals surface area contributed by atoms with Crippen LogP contribution in [0, 0.1) is 5.92 Å². The molecule has 17 heavy (non-hydrogen) atoms. The van der Waals surface area contributed by atoms with Crippen LogP contribution in [0.1, 0.15) is 44.7 Å². The molecule has 1 aliphatic carbocycles. The van der Waals surface area contributed by atoms with Crippen molar-refractivity contribution in [2.45, 2.75) is 44.0 Å². The van der Waals surface area contributed by atoms with Crippen LogP contribution in [0.15, 0.2) is 29.2 Å². The zero-order valence-corrected chi connectivity index (χ0v) is 11.7. The summed E-state index contributed by atoms with van der Waals surface area (Å²) >= 11 is 1.92. The van der Waals surface area contributed by atoms with Crippen molar-refractivity contribution in [3.8, 4) is 0 Å². The van der Waals surface area contributed by atoms with Crippen molar-refractivity contribution < 1.29 is 0 Å². The predicted molar refractivity (Wildman–Crippen MR) is 76.6 cm³/mol. The Balaban J connectivity index is 2.01. The van der Waals surface area contributed by atoms with E-state index in [0.29, 0.717) is 6.04 Å². The average molecular weight is 249 g/mol. The molecule has 0 amide bonds. The lowest BCUT2D eigenvalue weighted by Gasteiger charge is -2.18. The van der Waals surface area contributed by atoms with Crippen LogP contribution in [0.4, 0.5) is 0 Å². The van der Waals surface area contributed by atoms with Gasteiger partial charge in [-0.3, -0.25) is 0 Å². The third-order valence-corrected chi connectivity index (χ3v) is 4.15. The number of nitrogens with one attached hydrogen (secondary N) is 1. The minimum Gasteiger partial charge on any atom is -0.310 e. The highest BCUT2D eigenvalue weighted by atomic mass is 32.2. The second-order valence-corrected chi connectivity index (χ2v) is 6.11. The van der Waals surface area contributed by atoms with Crippen molar-refractivity contribution >= 4 is 11.8 Å². The number of benzene rings is 1. The first-order valence-corrected chi connectivity index (χ1v) is 7.79. The Labute approximate surface area is 109 Å². The van der Waals surface area contributed by atoms with Crippen molar-refractivity contribution in [1.82, 2.24) is 5.32 Å². The smallest absolute Gasteiger partial charge is 0.0348 e. The summed E-state index contributed by atoms with van der Waals surface area (Å²) in [5, 5.41) is 3.69.